The van der Waals surface area contributed by atoms with E-state index in [0.717, 1.165) is 5.56 Å². The molecule has 5 rings (SSSR count). The molecule has 3 aliphatic heterocycles. The Balaban J connectivity index is 1.57. The van der Waals surface area contributed by atoms with Crippen molar-refractivity contribution in [2.45, 2.75) is 49.2 Å². The average Bonchev–Trinajstić information content (AvgIpc) is 2.65. The molecule has 4 aliphatic rings. The average molecular weight is 354 g/mol. The summed E-state index contributed by atoms with van der Waals surface area (Å²) in [6.45, 7) is -1.11. The molecular weight excluding hydrogens is 332 g/mol. The number of aliphatic hydroxyl groups excluding tert-OH is 1. The number of benzene rings is 1. The van der Waals surface area contributed by atoms with E-state index in [9.17, 15) is 10.2 Å². The number of aliphatic hydroxyl groups is 2. The topological polar surface area (TPSA) is 95.8 Å². The predicted molar refractivity (Wildman–Crippen MR) is 82.2 cm³/mol. The zero-order valence-corrected chi connectivity index (χ0v) is 13.8. The summed E-state index contributed by atoms with van der Waals surface area (Å²) >= 11 is 0. The molecule has 1 aromatic carbocycles. The van der Waals surface area contributed by atoms with Crippen LogP contribution in [-0.4, -0.2) is 73.3 Å². The van der Waals surface area contributed by atoms with Crippen LogP contribution < -0.4 is 0 Å². The van der Waals surface area contributed by atoms with E-state index in [0.29, 0.717) is 6.61 Å². The summed E-state index contributed by atoms with van der Waals surface area (Å²) in [7, 11) is 1.50. The van der Waals surface area contributed by atoms with Gasteiger partial charge in [-0.05, 0) is 5.56 Å². The Morgan fingerprint density at radius 1 is 1.04 bits per heavy atom. The molecule has 8 heteroatoms. The third-order valence-electron chi connectivity index (χ3n) is 4.93. The second-order valence-corrected chi connectivity index (χ2v) is 6.45. The van der Waals surface area contributed by atoms with Gasteiger partial charge in [-0.3, -0.25) is 0 Å². The van der Waals surface area contributed by atoms with Crippen LogP contribution in [0.25, 0.3) is 0 Å². The maximum Gasteiger partial charge on any atom is 0.273 e. The van der Waals surface area contributed by atoms with Gasteiger partial charge in [-0.1, -0.05) is 30.3 Å². The largest absolute Gasteiger partial charge is 0.393 e. The normalized spacial score (nSPS) is 42.0. The van der Waals surface area contributed by atoms with E-state index in [1.54, 1.807) is 0 Å². The van der Waals surface area contributed by atoms with E-state index in [2.05, 4.69) is 0 Å². The molecule has 4 fully saturated rings. The van der Waals surface area contributed by atoms with Crippen LogP contribution in [0.4, 0.5) is 0 Å². The first-order valence-corrected chi connectivity index (χ1v) is 8.23. The fourth-order valence-electron chi connectivity index (χ4n) is 3.73. The van der Waals surface area contributed by atoms with Crippen molar-refractivity contribution in [2.24, 2.45) is 0 Å². The lowest BCUT2D eigenvalue weighted by atomic mass is 9.73. The Kier molecular flexibility index (Phi) is 4.78. The summed E-state index contributed by atoms with van der Waals surface area (Å²) in [5, 5.41) is 20.8. The Morgan fingerprint density at radius 2 is 1.72 bits per heavy atom. The molecule has 3 heterocycles. The molecule has 1 unspecified atom stereocenters. The fraction of sp³-hybridized carbons (Fsp3) is 0.647. The van der Waals surface area contributed by atoms with Crippen molar-refractivity contribution in [3.8, 4) is 0 Å². The van der Waals surface area contributed by atoms with Crippen LogP contribution in [0.3, 0.4) is 0 Å². The zero-order valence-electron chi connectivity index (χ0n) is 13.8. The predicted octanol–water partition coefficient (Wildman–Crippen LogP) is -0.236. The molecule has 2 N–H and O–H groups in total. The fourth-order valence-corrected chi connectivity index (χ4v) is 3.73. The quantitative estimate of drug-likeness (QED) is 0.648. The van der Waals surface area contributed by atoms with Crippen molar-refractivity contribution in [1.82, 2.24) is 0 Å². The summed E-state index contributed by atoms with van der Waals surface area (Å²) < 4.78 is 33.6. The highest BCUT2D eigenvalue weighted by molar-refractivity contribution is 5.16. The lowest BCUT2D eigenvalue weighted by Crippen LogP contribution is -2.81. The smallest absolute Gasteiger partial charge is 0.273 e. The Morgan fingerprint density at radius 3 is 2.36 bits per heavy atom. The van der Waals surface area contributed by atoms with Gasteiger partial charge in [-0.15, -0.1) is 0 Å². The SMILES string of the molecule is COCO[C@H]1[C@H]2OC3O[C@H]([C@H]2OCc2ccccc2)[C@@](O)(CO)[C@H]1O3. The molecule has 4 bridgehead atoms. The van der Waals surface area contributed by atoms with E-state index in [1.165, 1.54) is 7.11 Å². The van der Waals surface area contributed by atoms with Crippen molar-refractivity contribution >= 4 is 0 Å². The third kappa shape index (κ3) is 2.88. The molecule has 0 aromatic heterocycles. The Bertz CT molecular complexity index is 583. The lowest BCUT2D eigenvalue weighted by molar-refractivity contribution is -0.508. The monoisotopic (exact) mass is 354 g/mol. The van der Waals surface area contributed by atoms with Gasteiger partial charge in [-0.25, -0.2) is 0 Å². The molecule has 1 aromatic rings. The van der Waals surface area contributed by atoms with Gasteiger partial charge in [-0.2, -0.15) is 0 Å². The highest BCUT2D eigenvalue weighted by atomic mass is 16.9. The highest BCUT2D eigenvalue weighted by Crippen LogP contribution is 2.47. The molecule has 0 spiro atoms. The molecule has 1 saturated carbocycles. The number of ether oxygens (including phenoxy) is 6. The van der Waals surface area contributed by atoms with Crippen molar-refractivity contribution < 1.29 is 38.6 Å². The molecule has 1 aliphatic carbocycles. The Labute approximate surface area is 145 Å². The van der Waals surface area contributed by atoms with E-state index < -0.39 is 49.2 Å². The molecule has 0 amide bonds. The molecular formula is C17H22O8. The van der Waals surface area contributed by atoms with Crippen LogP contribution in [0.2, 0.25) is 0 Å². The maximum absolute atomic E-state index is 11.0. The van der Waals surface area contributed by atoms with Gasteiger partial charge < -0.3 is 38.6 Å². The van der Waals surface area contributed by atoms with Crippen LogP contribution in [0.15, 0.2) is 30.3 Å². The van der Waals surface area contributed by atoms with Crippen molar-refractivity contribution in [2.75, 3.05) is 20.5 Å². The van der Waals surface area contributed by atoms with E-state index >= 15 is 0 Å². The van der Waals surface area contributed by atoms with Gasteiger partial charge in [0.15, 0.2) is 0 Å². The van der Waals surface area contributed by atoms with Crippen molar-refractivity contribution in [3.63, 3.8) is 0 Å². The molecule has 138 valence electrons. The second-order valence-electron chi connectivity index (χ2n) is 6.45. The molecule has 25 heavy (non-hydrogen) atoms. The summed E-state index contributed by atoms with van der Waals surface area (Å²) in [6.07, 6.45) is -3.31. The van der Waals surface area contributed by atoms with Crippen LogP contribution in [0.1, 0.15) is 5.56 Å². The summed E-state index contributed by atoms with van der Waals surface area (Å²) in [6, 6.07) is 9.65. The summed E-state index contributed by atoms with van der Waals surface area (Å²) in [4.78, 5) is 0. The molecule has 8 nitrogen and oxygen atoms in total. The minimum atomic E-state index is -1.64. The minimum absolute atomic E-state index is 0.00743. The van der Waals surface area contributed by atoms with Crippen LogP contribution in [0, 0.1) is 0 Å². The number of methoxy groups -OCH3 is 1. The van der Waals surface area contributed by atoms with Crippen molar-refractivity contribution in [3.05, 3.63) is 35.9 Å². The Hall–Kier alpha value is -1.10. The highest BCUT2D eigenvalue weighted by Gasteiger charge is 2.69. The third-order valence-corrected chi connectivity index (χ3v) is 4.93. The first-order chi connectivity index (χ1) is 12.2. The first kappa shape index (κ1) is 17.3. The van der Waals surface area contributed by atoms with Gasteiger partial charge >= 0.3 is 0 Å². The molecule has 7 atom stereocenters. The van der Waals surface area contributed by atoms with Gasteiger partial charge in [0.05, 0.1) is 13.2 Å². The van der Waals surface area contributed by atoms with Gasteiger partial charge in [0.25, 0.3) is 6.48 Å². The number of rotatable bonds is 7. The van der Waals surface area contributed by atoms with Crippen LogP contribution in [0.5, 0.6) is 0 Å². The summed E-state index contributed by atoms with van der Waals surface area (Å²) in [5.74, 6) is 0. The van der Waals surface area contributed by atoms with Gasteiger partial charge in [0.1, 0.15) is 42.9 Å². The number of hydrogen-bond acceptors (Lipinski definition) is 8. The van der Waals surface area contributed by atoms with Gasteiger partial charge in [0.2, 0.25) is 0 Å². The molecule has 3 saturated heterocycles. The first-order valence-electron chi connectivity index (χ1n) is 8.23. The zero-order chi connectivity index (χ0) is 17.4. The van der Waals surface area contributed by atoms with E-state index in [4.69, 9.17) is 28.4 Å². The lowest BCUT2D eigenvalue weighted by Gasteiger charge is -2.61. The maximum atomic E-state index is 11.0. The van der Waals surface area contributed by atoms with E-state index in [-0.39, 0.29) is 6.79 Å². The standard InChI is InChI=1S/C17H22O8/c1-20-9-22-13-11-12(21-7-10-5-3-2-4-6-10)14-17(19,8-18)15(13)25-16(23-11)24-14/h2-6,11-16,18-19H,7-9H2,1H3/t11-,12-,13-,14+,15-,16?,17-/m0/s1. The van der Waals surface area contributed by atoms with E-state index in [1.807, 2.05) is 30.3 Å². The second kappa shape index (κ2) is 6.90. The number of hydrogen-bond donors (Lipinski definition) is 2. The van der Waals surface area contributed by atoms with Crippen LogP contribution in [-0.2, 0) is 35.0 Å². The van der Waals surface area contributed by atoms with Gasteiger partial charge in [0, 0.05) is 7.11 Å². The minimum Gasteiger partial charge on any atom is -0.393 e. The summed E-state index contributed by atoms with van der Waals surface area (Å²) in [5.41, 5.74) is -0.661. The van der Waals surface area contributed by atoms with Crippen LogP contribution >= 0.6 is 0 Å². The molecule has 0 radical (unpaired) electrons. The van der Waals surface area contributed by atoms with Crippen molar-refractivity contribution in [1.29, 1.82) is 0 Å².